The number of hydrogen-bond donors (Lipinski definition) is 1. The zero-order chi connectivity index (χ0) is 8.81. The molecular formula is C10H12O2. The van der Waals surface area contributed by atoms with Gasteiger partial charge in [0.05, 0.1) is 0 Å². The molecule has 64 valence electrons. The van der Waals surface area contributed by atoms with Crippen molar-refractivity contribution in [3.05, 3.63) is 35.9 Å². The lowest BCUT2D eigenvalue weighted by atomic mass is 10.1. The molecule has 0 atom stereocenters. The van der Waals surface area contributed by atoms with Gasteiger partial charge in [-0.05, 0) is 18.4 Å². The summed E-state index contributed by atoms with van der Waals surface area (Å²) in [6.45, 7) is 0. The van der Waals surface area contributed by atoms with E-state index in [0.29, 0.717) is 0 Å². The van der Waals surface area contributed by atoms with Crippen LogP contribution >= 0.6 is 0 Å². The summed E-state index contributed by atoms with van der Waals surface area (Å²) in [5.74, 6) is -0.717. The first kappa shape index (κ1) is 8.78. The first-order valence-electron chi connectivity index (χ1n) is 4.05. The molecule has 0 bridgehead atoms. The van der Waals surface area contributed by atoms with Crippen LogP contribution in [0, 0.1) is 0 Å². The molecule has 0 unspecified atom stereocenters. The van der Waals surface area contributed by atoms with Gasteiger partial charge in [0.2, 0.25) is 0 Å². The van der Waals surface area contributed by atoms with Crippen LogP contribution in [-0.4, -0.2) is 11.1 Å². The zero-order valence-electron chi connectivity index (χ0n) is 6.86. The summed E-state index contributed by atoms with van der Waals surface area (Å²) < 4.78 is 0. The Bertz CT molecular complexity index is 241. The van der Waals surface area contributed by atoms with Crippen LogP contribution in [0.1, 0.15) is 18.4 Å². The van der Waals surface area contributed by atoms with Crippen LogP contribution in [-0.2, 0) is 11.2 Å². The molecule has 1 aromatic rings. The van der Waals surface area contributed by atoms with Crippen LogP contribution in [0.5, 0.6) is 0 Å². The van der Waals surface area contributed by atoms with Crippen LogP contribution in [0.3, 0.4) is 0 Å². The van der Waals surface area contributed by atoms with E-state index in [1.165, 1.54) is 5.56 Å². The fourth-order valence-electron chi connectivity index (χ4n) is 1.09. The van der Waals surface area contributed by atoms with Crippen molar-refractivity contribution >= 4 is 5.97 Å². The van der Waals surface area contributed by atoms with Gasteiger partial charge < -0.3 is 5.11 Å². The van der Waals surface area contributed by atoms with Gasteiger partial charge in [0.15, 0.2) is 0 Å². The monoisotopic (exact) mass is 165 g/mol. The van der Waals surface area contributed by atoms with Gasteiger partial charge in [-0.2, -0.15) is 0 Å². The molecule has 0 fully saturated rings. The summed E-state index contributed by atoms with van der Waals surface area (Å²) >= 11 is 0. The Morgan fingerprint density at radius 1 is 1.25 bits per heavy atom. The highest BCUT2D eigenvalue weighted by molar-refractivity contribution is 5.66. The quantitative estimate of drug-likeness (QED) is 0.693. The fraction of sp³-hybridized carbons (Fsp3) is 0.300. The molecule has 0 heterocycles. The molecule has 0 spiro atoms. The van der Waals surface area contributed by atoms with E-state index in [1.54, 1.807) is 0 Å². The summed E-state index contributed by atoms with van der Waals surface area (Å²) in [6, 6.07) is 9.93. The molecule has 1 aromatic carbocycles. The second-order valence-electron chi connectivity index (χ2n) is 2.73. The maximum absolute atomic E-state index is 10.2. The van der Waals surface area contributed by atoms with Crippen molar-refractivity contribution < 1.29 is 9.90 Å². The number of carboxylic acids is 1. The van der Waals surface area contributed by atoms with E-state index >= 15 is 0 Å². The van der Waals surface area contributed by atoms with Crippen molar-refractivity contribution in [2.24, 2.45) is 0 Å². The van der Waals surface area contributed by atoms with E-state index in [0.717, 1.165) is 12.8 Å². The number of aryl methyl sites for hydroxylation is 1. The molecule has 2 nitrogen and oxygen atoms in total. The highest BCUT2D eigenvalue weighted by Crippen LogP contribution is 2.03. The van der Waals surface area contributed by atoms with E-state index in [1.807, 2.05) is 30.3 Å². The lowest BCUT2D eigenvalue weighted by Gasteiger charge is -1.97. The molecule has 2 heteroatoms. The third kappa shape index (κ3) is 3.19. The largest absolute Gasteiger partial charge is 0.481 e. The molecular weight excluding hydrogens is 153 g/mol. The molecule has 12 heavy (non-hydrogen) atoms. The van der Waals surface area contributed by atoms with Crippen molar-refractivity contribution in [2.75, 3.05) is 0 Å². The van der Waals surface area contributed by atoms with Gasteiger partial charge in [-0.15, -0.1) is 0 Å². The van der Waals surface area contributed by atoms with Crippen LogP contribution in [0.25, 0.3) is 0 Å². The smallest absolute Gasteiger partial charge is 0.303 e. The maximum atomic E-state index is 10.2. The van der Waals surface area contributed by atoms with Gasteiger partial charge in [0.25, 0.3) is 0 Å². The lowest BCUT2D eigenvalue weighted by molar-refractivity contribution is -0.137. The minimum Gasteiger partial charge on any atom is -0.481 e. The molecule has 0 aliphatic rings. The van der Waals surface area contributed by atoms with Crippen LogP contribution in [0.2, 0.25) is 0 Å². The van der Waals surface area contributed by atoms with Crippen LogP contribution in [0.15, 0.2) is 30.3 Å². The van der Waals surface area contributed by atoms with Gasteiger partial charge >= 0.3 is 5.97 Å². The Morgan fingerprint density at radius 3 is 2.50 bits per heavy atom. The van der Waals surface area contributed by atoms with E-state index in [-0.39, 0.29) is 6.42 Å². The Hall–Kier alpha value is -1.31. The van der Waals surface area contributed by atoms with Crippen molar-refractivity contribution in [3.63, 3.8) is 0 Å². The predicted molar refractivity (Wildman–Crippen MR) is 47.0 cm³/mol. The van der Waals surface area contributed by atoms with Gasteiger partial charge in [-0.3, -0.25) is 4.79 Å². The Balaban J connectivity index is 2.29. The van der Waals surface area contributed by atoms with Gasteiger partial charge in [0.1, 0.15) is 0 Å². The summed E-state index contributed by atoms with van der Waals surface area (Å²) in [4.78, 5) is 10.2. The number of rotatable bonds is 4. The average molecular weight is 165 g/mol. The highest BCUT2D eigenvalue weighted by atomic mass is 16.5. The number of benzene rings is 1. The van der Waals surface area contributed by atoms with E-state index in [4.69, 9.17) is 5.11 Å². The Labute approximate surface area is 71.8 Å². The topological polar surface area (TPSA) is 37.3 Å². The number of hydrogen-bond acceptors (Lipinski definition) is 1. The van der Waals surface area contributed by atoms with E-state index in [2.05, 4.69) is 0 Å². The molecule has 0 amide bonds. The predicted octanol–water partition coefficient (Wildman–Crippen LogP) is 2.09. The number of aliphatic carboxylic acids is 1. The van der Waals surface area contributed by atoms with Crippen LogP contribution < -0.4 is 0 Å². The zero-order valence-corrected chi connectivity index (χ0v) is 6.86. The summed E-state index contributed by atoms with van der Waals surface area (Å²) in [5.41, 5.74) is 1.21. The molecule has 0 saturated carbocycles. The lowest BCUT2D eigenvalue weighted by Crippen LogP contribution is -1.95. The van der Waals surface area contributed by atoms with Gasteiger partial charge in [-0.25, -0.2) is 0 Å². The van der Waals surface area contributed by atoms with E-state index < -0.39 is 5.97 Å². The van der Waals surface area contributed by atoms with Crippen molar-refractivity contribution in [2.45, 2.75) is 19.3 Å². The third-order valence-corrected chi connectivity index (χ3v) is 1.70. The number of carbonyl (C=O) groups is 1. The minimum atomic E-state index is -0.717. The normalized spacial score (nSPS) is 9.67. The molecule has 0 aromatic heterocycles. The standard InChI is InChI=1S/C10H12O2/c11-10(12)8-4-7-9-5-2-1-3-6-9/h1-3,5-6H,4,7-8H2,(H,11,12)/i10+1. The third-order valence-electron chi connectivity index (χ3n) is 1.70. The minimum absolute atomic E-state index is 0.259. The van der Waals surface area contributed by atoms with E-state index in [9.17, 15) is 4.79 Å². The summed E-state index contributed by atoms with van der Waals surface area (Å²) in [5, 5.41) is 8.39. The summed E-state index contributed by atoms with van der Waals surface area (Å²) in [6.07, 6.45) is 1.83. The first-order chi connectivity index (χ1) is 5.79. The van der Waals surface area contributed by atoms with Crippen molar-refractivity contribution in [1.82, 2.24) is 0 Å². The molecule has 0 saturated heterocycles. The molecule has 0 aliphatic heterocycles. The summed E-state index contributed by atoms with van der Waals surface area (Å²) in [7, 11) is 0. The van der Waals surface area contributed by atoms with Crippen LogP contribution in [0.4, 0.5) is 0 Å². The highest BCUT2D eigenvalue weighted by Gasteiger charge is 1.96. The fourth-order valence-corrected chi connectivity index (χ4v) is 1.09. The molecule has 1 rings (SSSR count). The van der Waals surface area contributed by atoms with Gasteiger partial charge in [0, 0.05) is 6.42 Å². The SMILES string of the molecule is O=[13C](O)CCCc1ccccc1. The molecule has 1 N–H and O–H groups in total. The second-order valence-corrected chi connectivity index (χ2v) is 2.73. The van der Waals surface area contributed by atoms with Crippen molar-refractivity contribution in [3.8, 4) is 0 Å². The van der Waals surface area contributed by atoms with Crippen molar-refractivity contribution in [1.29, 1.82) is 0 Å². The first-order valence-corrected chi connectivity index (χ1v) is 4.05. The maximum Gasteiger partial charge on any atom is 0.303 e. The number of carboxylic acid groups (broad SMARTS) is 1. The molecule has 0 aliphatic carbocycles. The molecule has 0 radical (unpaired) electrons. The van der Waals surface area contributed by atoms with Gasteiger partial charge in [-0.1, -0.05) is 30.3 Å². The second kappa shape index (κ2) is 4.54. The Kier molecular flexibility index (Phi) is 3.33. The Morgan fingerprint density at radius 2 is 1.92 bits per heavy atom. The average Bonchev–Trinajstić information content (AvgIpc) is 2.05.